The molecule has 0 aromatic carbocycles. The van der Waals surface area contributed by atoms with E-state index in [1.807, 2.05) is 19.9 Å². The Balaban J connectivity index is 2.35. The maximum atomic E-state index is 11.4. The molecule has 0 aliphatic rings. The minimum Gasteiger partial charge on any atom is -0.370 e. The van der Waals surface area contributed by atoms with Gasteiger partial charge in [-0.15, -0.1) is 0 Å². The number of hydrogen-bond acceptors (Lipinski definition) is 5. The van der Waals surface area contributed by atoms with Gasteiger partial charge in [0.25, 0.3) is 0 Å². The van der Waals surface area contributed by atoms with E-state index >= 15 is 0 Å². The van der Waals surface area contributed by atoms with Gasteiger partial charge in [-0.05, 0) is 13.3 Å². The van der Waals surface area contributed by atoms with E-state index in [4.69, 9.17) is 0 Å². The van der Waals surface area contributed by atoms with Crippen molar-refractivity contribution in [3.63, 3.8) is 0 Å². The van der Waals surface area contributed by atoms with Gasteiger partial charge in [-0.2, -0.15) is 0 Å². The first-order valence-corrected chi connectivity index (χ1v) is 7.76. The number of aromatic nitrogens is 2. The van der Waals surface area contributed by atoms with Gasteiger partial charge >= 0.3 is 0 Å². The van der Waals surface area contributed by atoms with Crippen LogP contribution in [0.2, 0.25) is 0 Å². The molecule has 0 bridgehead atoms. The lowest BCUT2D eigenvalue weighted by Gasteiger charge is -2.17. The monoisotopic (exact) mass is 272 g/mol. The summed E-state index contributed by atoms with van der Waals surface area (Å²) in [5.74, 6) is 0.768. The number of rotatable bonds is 7. The van der Waals surface area contributed by atoms with Crippen molar-refractivity contribution < 1.29 is 8.42 Å². The third-order valence-electron chi connectivity index (χ3n) is 2.52. The molecule has 1 rings (SSSR count). The van der Waals surface area contributed by atoms with Gasteiger partial charge in [0.1, 0.15) is 12.1 Å². The summed E-state index contributed by atoms with van der Waals surface area (Å²) in [5.41, 5.74) is 0.902. The van der Waals surface area contributed by atoms with Crippen LogP contribution in [-0.4, -0.2) is 48.6 Å². The molecule has 0 unspecified atom stereocenters. The van der Waals surface area contributed by atoms with E-state index < -0.39 is 10.0 Å². The van der Waals surface area contributed by atoms with Crippen LogP contribution in [0.25, 0.3) is 0 Å². The average molecular weight is 272 g/mol. The molecule has 0 saturated carbocycles. The van der Waals surface area contributed by atoms with Gasteiger partial charge in [-0.25, -0.2) is 22.7 Å². The SMILES string of the molecule is CCN(CCCNc1cc(C)ncn1)S(C)(=O)=O. The summed E-state index contributed by atoms with van der Waals surface area (Å²) in [6.07, 6.45) is 3.48. The van der Waals surface area contributed by atoms with E-state index in [2.05, 4.69) is 15.3 Å². The standard InChI is InChI=1S/C11H20N4O2S/c1-4-15(18(3,16)17)7-5-6-12-11-8-10(2)13-9-14-11/h8-9H,4-7H2,1-3H3,(H,12,13,14). The first-order chi connectivity index (χ1) is 8.43. The van der Waals surface area contributed by atoms with Crippen molar-refractivity contribution in [3.8, 4) is 0 Å². The summed E-state index contributed by atoms with van der Waals surface area (Å²) in [7, 11) is -3.09. The molecule has 0 aliphatic heterocycles. The molecule has 1 heterocycles. The van der Waals surface area contributed by atoms with E-state index in [9.17, 15) is 8.42 Å². The molecule has 102 valence electrons. The Labute approximate surface area is 108 Å². The highest BCUT2D eigenvalue weighted by molar-refractivity contribution is 7.88. The van der Waals surface area contributed by atoms with Crippen LogP contribution in [0.5, 0.6) is 0 Å². The topological polar surface area (TPSA) is 75.2 Å². The van der Waals surface area contributed by atoms with Crippen molar-refractivity contribution in [2.24, 2.45) is 0 Å². The molecule has 0 atom stereocenters. The van der Waals surface area contributed by atoms with Gasteiger partial charge in [0.2, 0.25) is 10.0 Å². The Morgan fingerprint density at radius 1 is 1.39 bits per heavy atom. The number of hydrogen-bond donors (Lipinski definition) is 1. The molecule has 0 fully saturated rings. The molecule has 18 heavy (non-hydrogen) atoms. The van der Waals surface area contributed by atoms with Crippen molar-refractivity contribution in [1.82, 2.24) is 14.3 Å². The van der Waals surface area contributed by atoms with Gasteiger partial charge in [0.15, 0.2) is 0 Å². The summed E-state index contributed by atoms with van der Waals surface area (Å²) in [6, 6.07) is 1.86. The van der Waals surface area contributed by atoms with E-state index in [1.165, 1.54) is 16.9 Å². The van der Waals surface area contributed by atoms with Gasteiger partial charge < -0.3 is 5.32 Å². The van der Waals surface area contributed by atoms with Crippen LogP contribution < -0.4 is 5.32 Å². The fourth-order valence-electron chi connectivity index (χ4n) is 1.58. The highest BCUT2D eigenvalue weighted by Gasteiger charge is 2.12. The highest BCUT2D eigenvalue weighted by atomic mass is 32.2. The minimum absolute atomic E-state index is 0.505. The molecule has 1 aromatic heterocycles. The second-order valence-electron chi connectivity index (χ2n) is 4.08. The van der Waals surface area contributed by atoms with E-state index in [0.717, 1.165) is 17.9 Å². The van der Waals surface area contributed by atoms with Crippen LogP contribution in [-0.2, 0) is 10.0 Å². The molecule has 7 heteroatoms. The Kier molecular flexibility index (Phi) is 5.49. The van der Waals surface area contributed by atoms with Crippen LogP contribution in [0.15, 0.2) is 12.4 Å². The number of nitrogens with one attached hydrogen (secondary N) is 1. The summed E-state index contributed by atoms with van der Waals surface area (Å²) in [6.45, 7) is 5.44. The minimum atomic E-state index is -3.09. The molecule has 0 aliphatic carbocycles. The molecule has 0 radical (unpaired) electrons. The predicted molar refractivity (Wildman–Crippen MR) is 72.0 cm³/mol. The Bertz CT molecular complexity index is 476. The van der Waals surface area contributed by atoms with Crippen molar-refractivity contribution in [1.29, 1.82) is 0 Å². The molecular formula is C11H20N4O2S. The zero-order valence-electron chi connectivity index (χ0n) is 11.0. The fourth-order valence-corrected chi connectivity index (χ4v) is 2.51. The number of sulfonamides is 1. The van der Waals surface area contributed by atoms with Gasteiger partial charge in [0, 0.05) is 31.4 Å². The van der Waals surface area contributed by atoms with Crippen molar-refractivity contribution in [3.05, 3.63) is 18.1 Å². The molecule has 1 aromatic rings. The predicted octanol–water partition coefficient (Wildman–Crippen LogP) is 0.869. The van der Waals surface area contributed by atoms with Gasteiger partial charge in [-0.3, -0.25) is 0 Å². The first kappa shape index (κ1) is 14.8. The third kappa shape index (κ3) is 4.97. The molecule has 6 nitrogen and oxygen atoms in total. The smallest absolute Gasteiger partial charge is 0.211 e. The van der Waals surface area contributed by atoms with Crippen LogP contribution in [0, 0.1) is 6.92 Å². The van der Waals surface area contributed by atoms with Crippen molar-refractivity contribution >= 4 is 15.8 Å². The summed E-state index contributed by atoms with van der Waals surface area (Å²) in [5, 5.41) is 3.14. The number of nitrogens with zero attached hydrogens (tertiary/aromatic N) is 3. The zero-order chi connectivity index (χ0) is 13.6. The van der Waals surface area contributed by atoms with Crippen LogP contribution >= 0.6 is 0 Å². The number of aryl methyl sites for hydroxylation is 1. The maximum absolute atomic E-state index is 11.4. The number of anilines is 1. The van der Waals surface area contributed by atoms with Gasteiger partial charge in [0.05, 0.1) is 6.26 Å². The van der Waals surface area contributed by atoms with Crippen molar-refractivity contribution in [2.45, 2.75) is 20.3 Å². The Morgan fingerprint density at radius 3 is 2.67 bits per heavy atom. The van der Waals surface area contributed by atoms with Gasteiger partial charge in [-0.1, -0.05) is 6.92 Å². The van der Waals surface area contributed by atoms with Crippen LogP contribution in [0.3, 0.4) is 0 Å². The second-order valence-corrected chi connectivity index (χ2v) is 6.06. The van der Waals surface area contributed by atoms with Crippen LogP contribution in [0.4, 0.5) is 5.82 Å². The van der Waals surface area contributed by atoms with E-state index in [-0.39, 0.29) is 0 Å². The van der Waals surface area contributed by atoms with Crippen LogP contribution in [0.1, 0.15) is 19.0 Å². The average Bonchev–Trinajstić information content (AvgIpc) is 2.27. The third-order valence-corrected chi connectivity index (χ3v) is 3.89. The first-order valence-electron chi connectivity index (χ1n) is 5.91. The summed E-state index contributed by atoms with van der Waals surface area (Å²) in [4.78, 5) is 8.07. The normalized spacial score (nSPS) is 11.8. The zero-order valence-corrected chi connectivity index (χ0v) is 11.9. The summed E-state index contributed by atoms with van der Waals surface area (Å²) >= 11 is 0. The molecule has 0 saturated heterocycles. The lowest BCUT2D eigenvalue weighted by molar-refractivity contribution is 0.428. The maximum Gasteiger partial charge on any atom is 0.211 e. The van der Waals surface area contributed by atoms with Crippen molar-refractivity contribution in [2.75, 3.05) is 31.2 Å². The molecular weight excluding hydrogens is 252 g/mol. The highest BCUT2D eigenvalue weighted by Crippen LogP contribution is 2.03. The van der Waals surface area contributed by atoms with E-state index in [1.54, 1.807) is 0 Å². The Morgan fingerprint density at radius 2 is 2.11 bits per heavy atom. The lowest BCUT2D eigenvalue weighted by atomic mass is 10.4. The quantitative estimate of drug-likeness (QED) is 0.745. The Hall–Kier alpha value is -1.21. The summed E-state index contributed by atoms with van der Waals surface area (Å²) < 4.78 is 24.2. The second kappa shape index (κ2) is 6.65. The molecule has 0 amide bonds. The largest absolute Gasteiger partial charge is 0.370 e. The lowest BCUT2D eigenvalue weighted by Crippen LogP contribution is -2.31. The fraction of sp³-hybridized carbons (Fsp3) is 0.636. The van der Waals surface area contributed by atoms with E-state index in [0.29, 0.717) is 19.6 Å². The molecule has 1 N–H and O–H groups in total. The molecule has 0 spiro atoms.